The van der Waals surface area contributed by atoms with Crippen molar-refractivity contribution >= 4 is 0 Å². The zero-order valence-corrected chi connectivity index (χ0v) is 12.5. The molecule has 1 atom stereocenters. The van der Waals surface area contributed by atoms with Gasteiger partial charge in [-0.05, 0) is 23.8 Å². The quantitative estimate of drug-likeness (QED) is 0.784. The molecular formula is C17H24F3N. The Labute approximate surface area is 124 Å². The molecule has 1 aliphatic carbocycles. The van der Waals surface area contributed by atoms with Gasteiger partial charge in [0.15, 0.2) is 0 Å². The Balaban J connectivity index is 2.02. The summed E-state index contributed by atoms with van der Waals surface area (Å²) >= 11 is 0. The summed E-state index contributed by atoms with van der Waals surface area (Å²) in [5.74, 6) is 0. The van der Waals surface area contributed by atoms with Crippen molar-refractivity contribution in [1.82, 2.24) is 5.32 Å². The minimum absolute atomic E-state index is 0.136. The highest BCUT2D eigenvalue weighted by molar-refractivity contribution is 5.19. The molecule has 4 heteroatoms. The van der Waals surface area contributed by atoms with Crippen LogP contribution in [0.4, 0.5) is 13.2 Å². The van der Waals surface area contributed by atoms with E-state index in [-0.39, 0.29) is 5.41 Å². The maximum absolute atomic E-state index is 12.8. The van der Waals surface area contributed by atoms with Crippen molar-refractivity contribution in [2.45, 2.75) is 57.7 Å². The second-order valence-electron chi connectivity index (χ2n) is 6.53. The second-order valence-corrected chi connectivity index (χ2v) is 6.53. The number of rotatable bonds is 5. The number of nitrogens with one attached hydrogen (secondary N) is 1. The average Bonchev–Trinajstić information content (AvgIpc) is 2.44. The van der Waals surface area contributed by atoms with Crippen LogP contribution in [0.3, 0.4) is 0 Å². The summed E-state index contributed by atoms with van der Waals surface area (Å²) in [6, 6.07) is 8.31. The summed E-state index contributed by atoms with van der Waals surface area (Å²) in [5.41, 5.74) is 0.853. The lowest BCUT2D eigenvalue weighted by Gasteiger charge is -2.35. The molecule has 0 bridgehead atoms. The van der Waals surface area contributed by atoms with Crippen LogP contribution in [-0.2, 0) is 0 Å². The van der Waals surface area contributed by atoms with E-state index in [0.717, 1.165) is 12.8 Å². The largest absolute Gasteiger partial charge is 0.390 e. The van der Waals surface area contributed by atoms with Gasteiger partial charge in [-0.2, -0.15) is 13.2 Å². The first-order valence-corrected chi connectivity index (χ1v) is 7.73. The first kappa shape index (κ1) is 16.3. The molecule has 1 fully saturated rings. The first-order valence-electron chi connectivity index (χ1n) is 7.73. The molecule has 1 aliphatic rings. The normalized spacial score (nSPS) is 20.2. The van der Waals surface area contributed by atoms with Gasteiger partial charge in [0, 0.05) is 12.6 Å². The van der Waals surface area contributed by atoms with Gasteiger partial charge in [-0.15, -0.1) is 0 Å². The lowest BCUT2D eigenvalue weighted by atomic mass is 9.75. The summed E-state index contributed by atoms with van der Waals surface area (Å²) in [4.78, 5) is 0. The van der Waals surface area contributed by atoms with Crippen molar-refractivity contribution in [2.24, 2.45) is 5.41 Å². The maximum Gasteiger partial charge on any atom is 0.390 e. The van der Waals surface area contributed by atoms with Crippen LogP contribution >= 0.6 is 0 Å². The Kier molecular flexibility index (Phi) is 5.31. The topological polar surface area (TPSA) is 12.0 Å². The van der Waals surface area contributed by atoms with Gasteiger partial charge in [-0.1, -0.05) is 56.5 Å². The summed E-state index contributed by atoms with van der Waals surface area (Å²) in [6.45, 7) is 2.84. The molecule has 0 radical (unpaired) electrons. The third-order valence-corrected chi connectivity index (χ3v) is 4.47. The molecule has 0 amide bonds. The van der Waals surface area contributed by atoms with Gasteiger partial charge in [0.1, 0.15) is 0 Å². The molecule has 0 aliphatic heterocycles. The highest BCUT2D eigenvalue weighted by Crippen LogP contribution is 2.36. The molecule has 0 spiro atoms. The smallest absolute Gasteiger partial charge is 0.309 e. The van der Waals surface area contributed by atoms with E-state index < -0.39 is 18.6 Å². The average molecular weight is 299 g/mol. The van der Waals surface area contributed by atoms with E-state index >= 15 is 0 Å². The summed E-state index contributed by atoms with van der Waals surface area (Å²) in [6.07, 6.45) is 0.871. The van der Waals surface area contributed by atoms with E-state index in [1.165, 1.54) is 19.3 Å². The molecule has 0 saturated heterocycles. The zero-order chi connectivity index (χ0) is 15.3. The molecule has 2 rings (SSSR count). The van der Waals surface area contributed by atoms with E-state index in [2.05, 4.69) is 12.2 Å². The lowest BCUT2D eigenvalue weighted by molar-refractivity contribution is -0.140. The summed E-state index contributed by atoms with van der Waals surface area (Å²) in [5, 5.41) is 3.18. The predicted molar refractivity (Wildman–Crippen MR) is 79.0 cm³/mol. The van der Waals surface area contributed by atoms with Crippen molar-refractivity contribution < 1.29 is 13.2 Å². The van der Waals surface area contributed by atoms with Crippen LogP contribution in [0, 0.1) is 5.41 Å². The minimum Gasteiger partial charge on any atom is -0.309 e. The molecule has 21 heavy (non-hydrogen) atoms. The fourth-order valence-electron chi connectivity index (χ4n) is 3.18. The van der Waals surface area contributed by atoms with Gasteiger partial charge in [0.2, 0.25) is 0 Å². The molecule has 1 aromatic carbocycles. The van der Waals surface area contributed by atoms with Gasteiger partial charge in [0.25, 0.3) is 0 Å². The Bertz CT molecular complexity index is 421. The van der Waals surface area contributed by atoms with Crippen LogP contribution in [0.5, 0.6) is 0 Å². The van der Waals surface area contributed by atoms with Gasteiger partial charge in [-0.25, -0.2) is 0 Å². The van der Waals surface area contributed by atoms with Crippen LogP contribution in [0.25, 0.3) is 0 Å². The number of alkyl halides is 3. The van der Waals surface area contributed by atoms with E-state index in [1.54, 1.807) is 24.3 Å². The molecule has 118 valence electrons. The SMILES string of the molecule is CC1(CNC(CC(F)(F)F)c2ccccc2)CCCCC1. The molecular weight excluding hydrogens is 275 g/mol. The third kappa shape index (κ3) is 5.34. The Morgan fingerprint density at radius 3 is 2.29 bits per heavy atom. The third-order valence-electron chi connectivity index (χ3n) is 4.47. The van der Waals surface area contributed by atoms with Gasteiger partial charge >= 0.3 is 6.18 Å². The van der Waals surface area contributed by atoms with Crippen LogP contribution in [0.2, 0.25) is 0 Å². The van der Waals surface area contributed by atoms with Crippen molar-refractivity contribution in [3.63, 3.8) is 0 Å². The highest BCUT2D eigenvalue weighted by Gasteiger charge is 2.34. The van der Waals surface area contributed by atoms with Gasteiger partial charge in [-0.3, -0.25) is 0 Å². The highest BCUT2D eigenvalue weighted by atomic mass is 19.4. The number of hydrogen-bond acceptors (Lipinski definition) is 1. The van der Waals surface area contributed by atoms with Crippen molar-refractivity contribution in [1.29, 1.82) is 0 Å². The molecule has 1 aromatic rings. The number of benzene rings is 1. The van der Waals surface area contributed by atoms with Crippen LogP contribution in [-0.4, -0.2) is 12.7 Å². The van der Waals surface area contributed by atoms with Crippen molar-refractivity contribution in [3.05, 3.63) is 35.9 Å². The molecule has 1 nitrogen and oxygen atoms in total. The van der Waals surface area contributed by atoms with Gasteiger partial charge < -0.3 is 5.32 Å². The molecule has 1 unspecified atom stereocenters. The molecule has 1 N–H and O–H groups in total. The van der Waals surface area contributed by atoms with Gasteiger partial charge in [0.05, 0.1) is 6.42 Å². The maximum atomic E-state index is 12.8. The fraction of sp³-hybridized carbons (Fsp3) is 0.647. The Hall–Kier alpha value is -1.03. The first-order chi connectivity index (χ1) is 9.88. The van der Waals surface area contributed by atoms with Crippen LogP contribution in [0.15, 0.2) is 30.3 Å². The van der Waals surface area contributed by atoms with E-state index in [0.29, 0.717) is 12.1 Å². The van der Waals surface area contributed by atoms with E-state index in [1.807, 2.05) is 6.07 Å². The van der Waals surface area contributed by atoms with Crippen LogP contribution < -0.4 is 5.32 Å². The monoisotopic (exact) mass is 299 g/mol. The van der Waals surface area contributed by atoms with E-state index in [9.17, 15) is 13.2 Å². The Morgan fingerprint density at radius 2 is 1.71 bits per heavy atom. The van der Waals surface area contributed by atoms with Crippen LogP contribution in [0.1, 0.15) is 57.1 Å². The van der Waals surface area contributed by atoms with Crippen molar-refractivity contribution in [2.75, 3.05) is 6.54 Å². The molecule has 1 saturated carbocycles. The van der Waals surface area contributed by atoms with Crippen molar-refractivity contribution in [3.8, 4) is 0 Å². The molecule has 0 heterocycles. The van der Waals surface area contributed by atoms with E-state index in [4.69, 9.17) is 0 Å². The summed E-state index contributed by atoms with van der Waals surface area (Å²) < 4.78 is 38.4. The fourth-order valence-corrected chi connectivity index (χ4v) is 3.18. The minimum atomic E-state index is -4.15. The standard InChI is InChI=1S/C17H24F3N/c1-16(10-6-3-7-11-16)13-21-15(12-17(18,19)20)14-8-4-2-5-9-14/h2,4-5,8-9,15,21H,3,6-7,10-13H2,1H3. The predicted octanol–water partition coefficient (Wildman–Crippen LogP) is 5.24. The number of hydrogen-bond donors (Lipinski definition) is 1. The summed E-state index contributed by atoms with van der Waals surface area (Å²) in [7, 11) is 0. The zero-order valence-electron chi connectivity index (χ0n) is 12.5. The molecule has 0 aromatic heterocycles. The lowest BCUT2D eigenvalue weighted by Crippen LogP contribution is -2.37. The Morgan fingerprint density at radius 1 is 1.10 bits per heavy atom. The second kappa shape index (κ2) is 6.82. The number of halogens is 3.